The molecule has 2 aromatic carbocycles. The molecule has 3 rings (SSSR count). The minimum Gasteiger partial charge on any atom is -0.508 e. The number of thioether (sulfide) groups is 2. The first-order valence-electron chi connectivity index (χ1n) is 17.0. The van der Waals surface area contributed by atoms with Gasteiger partial charge < -0.3 is 42.9 Å². The SMILES string of the molecule is C#C.C#C.CSCCSC(C)C.Cc1cc(O)cc(C)c1C[C@H](N)C(=O)NCC(=O)NC1(C(=O)NCC(=O)NC(C(N)=O)C(C)O)Cc2ccccc2C1. The number of primary amides is 1. The first-order valence-corrected chi connectivity index (χ1v) is 19.5. The molecule has 0 saturated heterocycles. The van der Waals surface area contributed by atoms with Gasteiger partial charge >= 0.3 is 0 Å². The molecule has 1 aliphatic carbocycles. The molecule has 15 heteroatoms. The zero-order valence-corrected chi connectivity index (χ0v) is 33.6. The maximum Gasteiger partial charge on any atom is 0.246 e. The molecule has 54 heavy (non-hydrogen) atoms. The summed E-state index contributed by atoms with van der Waals surface area (Å²) >= 11 is 3.96. The lowest BCUT2D eigenvalue weighted by molar-refractivity contribution is -0.135. The van der Waals surface area contributed by atoms with Gasteiger partial charge in [-0.2, -0.15) is 23.5 Å². The van der Waals surface area contributed by atoms with Gasteiger partial charge in [0, 0.05) is 24.3 Å². The highest BCUT2D eigenvalue weighted by atomic mass is 32.2. The van der Waals surface area contributed by atoms with Gasteiger partial charge in [0.1, 0.15) is 17.3 Å². The van der Waals surface area contributed by atoms with Crippen LogP contribution in [0, 0.1) is 39.5 Å². The van der Waals surface area contributed by atoms with E-state index in [2.05, 4.69) is 67.1 Å². The van der Waals surface area contributed by atoms with Crippen LogP contribution in [0.2, 0.25) is 0 Å². The van der Waals surface area contributed by atoms with E-state index in [0.29, 0.717) is 0 Å². The lowest BCUT2D eigenvalue weighted by Gasteiger charge is -2.29. The number of phenolic OH excluding ortho intramolecular Hbond substituents is 1. The molecule has 0 spiro atoms. The number of nitrogens with one attached hydrogen (secondary N) is 4. The number of aliphatic hydroxyl groups excluding tert-OH is 1. The fraction of sp³-hybridized carbons (Fsp3) is 0.462. The monoisotopic (exact) mass is 784 g/mol. The fourth-order valence-corrected chi connectivity index (χ4v) is 7.01. The van der Waals surface area contributed by atoms with E-state index in [1.54, 1.807) is 38.1 Å². The van der Waals surface area contributed by atoms with Crippen LogP contribution in [0.15, 0.2) is 36.4 Å². The molecule has 0 aliphatic heterocycles. The number of benzene rings is 2. The number of aliphatic hydroxyl groups is 1. The number of fused-ring (bicyclic) bond motifs is 1. The van der Waals surface area contributed by atoms with Gasteiger partial charge in [-0.25, -0.2) is 0 Å². The molecule has 10 N–H and O–H groups in total. The van der Waals surface area contributed by atoms with E-state index in [-0.39, 0.29) is 25.0 Å². The first-order chi connectivity index (χ1) is 25.5. The summed E-state index contributed by atoms with van der Waals surface area (Å²) < 4.78 is 0. The molecule has 5 amide bonds. The van der Waals surface area contributed by atoms with Crippen molar-refractivity contribution in [2.45, 2.75) is 82.9 Å². The van der Waals surface area contributed by atoms with E-state index >= 15 is 0 Å². The second-order valence-corrected chi connectivity index (χ2v) is 15.3. The lowest BCUT2D eigenvalue weighted by atomic mass is 9.94. The van der Waals surface area contributed by atoms with Gasteiger partial charge in [-0.15, -0.1) is 25.7 Å². The number of hydrogen-bond acceptors (Lipinski definition) is 10. The third-order valence-electron chi connectivity index (χ3n) is 8.03. The van der Waals surface area contributed by atoms with Crippen LogP contribution in [0.5, 0.6) is 5.75 Å². The summed E-state index contributed by atoms with van der Waals surface area (Å²) in [7, 11) is 0. The fourth-order valence-electron chi connectivity index (χ4n) is 5.49. The van der Waals surface area contributed by atoms with Crippen LogP contribution in [0.1, 0.15) is 48.6 Å². The summed E-state index contributed by atoms with van der Waals surface area (Å²) in [6.07, 6.45) is 17.4. The number of amides is 5. The Labute approximate surface area is 328 Å². The van der Waals surface area contributed by atoms with Crippen molar-refractivity contribution in [2.24, 2.45) is 11.5 Å². The highest BCUT2D eigenvalue weighted by molar-refractivity contribution is 8.02. The summed E-state index contributed by atoms with van der Waals surface area (Å²) in [4.78, 5) is 62.9. The van der Waals surface area contributed by atoms with Gasteiger partial charge in [-0.05, 0) is 78.6 Å². The molecule has 2 aromatic rings. The van der Waals surface area contributed by atoms with Crippen LogP contribution in [-0.4, -0.2) is 99.6 Å². The second-order valence-electron chi connectivity index (χ2n) is 12.6. The van der Waals surface area contributed by atoms with Crippen LogP contribution < -0.4 is 32.7 Å². The van der Waals surface area contributed by atoms with Gasteiger partial charge in [0.15, 0.2) is 0 Å². The quantitative estimate of drug-likeness (QED) is 0.0894. The number of carbonyl (C=O) groups is 5. The van der Waals surface area contributed by atoms with Crippen molar-refractivity contribution in [2.75, 3.05) is 30.9 Å². The first kappa shape index (κ1) is 49.3. The number of terminal acetylenes is 2. The van der Waals surface area contributed by atoms with Crippen LogP contribution >= 0.6 is 23.5 Å². The molecule has 0 fully saturated rings. The lowest BCUT2D eigenvalue weighted by Crippen LogP contribution is -2.62. The number of rotatable bonds is 16. The minimum atomic E-state index is -1.44. The molecule has 0 bridgehead atoms. The number of hydrogen-bond donors (Lipinski definition) is 8. The number of phenols is 1. The Kier molecular flexibility index (Phi) is 23.2. The van der Waals surface area contributed by atoms with Gasteiger partial charge in [0.25, 0.3) is 0 Å². The van der Waals surface area contributed by atoms with Gasteiger partial charge in [0.2, 0.25) is 29.5 Å². The summed E-state index contributed by atoms with van der Waals surface area (Å²) in [5, 5.41) is 30.2. The molecule has 0 heterocycles. The third kappa shape index (κ3) is 16.6. The predicted molar refractivity (Wildman–Crippen MR) is 219 cm³/mol. The van der Waals surface area contributed by atoms with E-state index in [1.807, 2.05) is 35.7 Å². The molecule has 296 valence electrons. The Morgan fingerprint density at radius 2 is 1.41 bits per heavy atom. The van der Waals surface area contributed by atoms with Crippen molar-refractivity contribution < 1.29 is 34.2 Å². The van der Waals surface area contributed by atoms with Crippen molar-refractivity contribution in [1.82, 2.24) is 21.3 Å². The highest BCUT2D eigenvalue weighted by Gasteiger charge is 2.45. The molecule has 1 aliphatic rings. The van der Waals surface area contributed by atoms with Crippen LogP contribution in [0.3, 0.4) is 0 Å². The van der Waals surface area contributed by atoms with Crippen molar-refractivity contribution in [3.05, 3.63) is 64.2 Å². The second kappa shape index (κ2) is 25.4. The topological polar surface area (TPSA) is 226 Å². The van der Waals surface area contributed by atoms with E-state index < -0.39 is 66.4 Å². The van der Waals surface area contributed by atoms with Gasteiger partial charge in [-0.3, -0.25) is 24.0 Å². The smallest absolute Gasteiger partial charge is 0.246 e. The molecule has 3 atom stereocenters. The Morgan fingerprint density at radius 3 is 1.87 bits per heavy atom. The molecule has 0 aromatic heterocycles. The Bertz CT molecular complexity index is 1540. The number of aromatic hydroxyl groups is 1. The highest BCUT2D eigenvalue weighted by Crippen LogP contribution is 2.30. The average Bonchev–Trinajstić information content (AvgIpc) is 3.50. The predicted octanol–water partition coefficient (Wildman–Crippen LogP) is 1.11. The minimum absolute atomic E-state index is 0.116. The largest absolute Gasteiger partial charge is 0.508 e. The van der Waals surface area contributed by atoms with Crippen molar-refractivity contribution in [3.63, 3.8) is 0 Å². The van der Waals surface area contributed by atoms with Crippen molar-refractivity contribution >= 4 is 53.1 Å². The zero-order valence-electron chi connectivity index (χ0n) is 31.9. The molecule has 0 saturated carbocycles. The van der Waals surface area contributed by atoms with Crippen molar-refractivity contribution in [3.8, 4) is 31.4 Å². The van der Waals surface area contributed by atoms with Crippen LogP contribution in [-0.2, 0) is 43.2 Å². The van der Waals surface area contributed by atoms with E-state index in [0.717, 1.165) is 33.1 Å². The van der Waals surface area contributed by atoms with Gasteiger partial charge in [-0.1, -0.05) is 38.1 Å². The Balaban J connectivity index is 0.00000204. The van der Waals surface area contributed by atoms with Crippen molar-refractivity contribution in [1.29, 1.82) is 0 Å². The maximum absolute atomic E-state index is 13.4. The Morgan fingerprint density at radius 1 is 0.889 bits per heavy atom. The van der Waals surface area contributed by atoms with Gasteiger partial charge in [0.05, 0.1) is 25.2 Å². The zero-order chi connectivity index (χ0) is 41.6. The van der Waals surface area contributed by atoms with E-state index in [9.17, 15) is 34.2 Å². The maximum atomic E-state index is 13.4. The molecule has 2 unspecified atom stereocenters. The third-order valence-corrected chi connectivity index (χ3v) is 10.0. The number of nitrogens with two attached hydrogens (primary N) is 2. The van der Waals surface area contributed by atoms with Crippen LogP contribution in [0.25, 0.3) is 0 Å². The van der Waals surface area contributed by atoms with E-state index in [1.165, 1.54) is 18.4 Å². The molecule has 0 radical (unpaired) electrons. The number of aryl methyl sites for hydroxylation is 2. The van der Waals surface area contributed by atoms with E-state index in [4.69, 9.17) is 11.5 Å². The molecular formula is C39H56N6O7S2. The normalized spacial score (nSPS) is 13.6. The average molecular weight is 785 g/mol. The summed E-state index contributed by atoms with van der Waals surface area (Å²) in [5.41, 5.74) is 13.9. The summed E-state index contributed by atoms with van der Waals surface area (Å²) in [6, 6.07) is 8.14. The summed E-state index contributed by atoms with van der Waals surface area (Å²) in [5.74, 6) is -0.823. The number of carbonyl (C=O) groups excluding carboxylic acids is 5. The van der Waals surface area contributed by atoms with Crippen LogP contribution in [0.4, 0.5) is 0 Å². The Hall–Kier alpha value is -4.67. The summed E-state index contributed by atoms with van der Waals surface area (Å²) in [6.45, 7) is 8.39. The standard InChI is InChI=1S/C29H38N6O7.C6H14S2.2C2H2/c1-15-8-20(37)9-16(2)21(15)10-22(30)27(41)32-14-24(39)35-29(11-18-6-4-5-7-19(18)12-29)28(42)33-13-23(38)34-25(17(3)36)26(31)40;1-6(2)8-5-4-7-3;2*1-2/h4-9,17,22,25,36-37H,10-14,30H2,1-3H3,(H2,31,40)(H,32,41)(H,33,42)(H,34,38)(H,35,39);6H,4-5H2,1-3H3;2*1-2H/t17?,22-,25?;;;/m0.../s1. The molecular weight excluding hydrogens is 729 g/mol. The molecule has 13 nitrogen and oxygen atoms in total.